The average Bonchev–Trinajstić information content (AvgIpc) is 2.65. The van der Waals surface area contributed by atoms with E-state index in [2.05, 4.69) is 30.0 Å². The zero-order valence-electron chi connectivity index (χ0n) is 18.0. The Hall–Kier alpha value is -1.06. The number of carbonyl (C=O) groups is 1. The molecule has 2 bridgehead atoms. The topological polar surface area (TPSA) is 29.5 Å². The van der Waals surface area contributed by atoms with Gasteiger partial charge in [-0.2, -0.15) is 0 Å². The van der Waals surface area contributed by atoms with Gasteiger partial charge in [-0.3, -0.25) is 9.69 Å². The number of Topliss-reactive ketones (excluding diaryl/α,β-unsaturated/α-hetero) is 1. The summed E-state index contributed by atoms with van der Waals surface area (Å²) in [6.07, 6.45) is 10.5. The molecule has 1 unspecified atom stereocenters. The number of benzene rings is 1. The monoisotopic (exact) mass is 417 g/mol. The van der Waals surface area contributed by atoms with E-state index in [4.69, 9.17) is 4.74 Å². The molecule has 4 aliphatic rings. The fourth-order valence-corrected chi connectivity index (χ4v) is 7.19. The number of halogens is 1. The van der Waals surface area contributed by atoms with Gasteiger partial charge in [0.1, 0.15) is 11.5 Å². The van der Waals surface area contributed by atoms with Crippen molar-refractivity contribution in [3.05, 3.63) is 29.3 Å². The van der Waals surface area contributed by atoms with Crippen molar-refractivity contribution in [1.29, 1.82) is 0 Å². The predicted octanol–water partition coefficient (Wildman–Crippen LogP) is 5.18. The highest BCUT2D eigenvalue weighted by Crippen LogP contribution is 2.58. The summed E-state index contributed by atoms with van der Waals surface area (Å²) in [5.74, 6) is 3.56. The summed E-state index contributed by atoms with van der Waals surface area (Å²) in [6, 6.07) is 7.32. The lowest BCUT2D eigenvalue weighted by Crippen LogP contribution is -2.65. The number of ether oxygens (including phenoxy) is 1. The third-order valence-electron chi connectivity index (χ3n) is 8.54. The van der Waals surface area contributed by atoms with Crippen molar-refractivity contribution in [3.63, 3.8) is 0 Å². The summed E-state index contributed by atoms with van der Waals surface area (Å²) in [7, 11) is 1.76. The second kappa shape index (κ2) is 8.23. The van der Waals surface area contributed by atoms with Crippen molar-refractivity contribution in [1.82, 2.24) is 4.90 Å². The second-order valence-corrected chi connectivity index (χ2v) is 9.99. The molecule has 1 saturated heterocycles. The number of likely N-dealkylation sites (tertiary alicyclic amines) is 1. The van der Waals surface area contributed by atoms with Gasteiger partial charge in [-0.1, -0.05) is 25.8 Å². The number of hydrogen-bond acceptors (Lipinski definition) is 3. The maximum absolute atomic E-state index is 12.9. The third kappa shape index (κ3) is 3.43. The summed E-state index contributed by atoms with van der Waals surface area (Å²) < 4.78 is 5.60. The third-order valence-corrected chi connectivity index (χ3v) is 8.54. The number of fused-ring (bicyclic) bond motifs is 1. The minimum Gasteiger partial charge on any atom is -0.497 e. The highest BCUT2D eigenvalue weighted by atomic mass is 35.5. The summed E-state index contributed by atoms with van der Waals surface area (Å²) >= 11 is 0. The first kappa shape index (κ1) is 21.2. The lowest BCUT2D eigenvalue weighted by molar-refractivity contribution is -0.132. The standard InChI is InChI=1S/C25H35NO2.ClH/c1-3-5-19-12-20(27)15-25-10-11-26(16-17-6-4-7-17)23(24(19)25)13-18-8-9-21(28-2)14-22(18)25;/h8-9,14,17,19,23-24H,3-7,10-13,15-16H2,1-2H3;1H/t19?,23-,24+,25-;/m1./s1. The molecule has 29 heavy (non-hydrogen) atoms. The molecule has 5 rings (SSSR count). The van der Waals surface area contributed by atoms with E-state index >= 15 is 0 Å². The van der Waals surface area contributed by atoms with Crippen LogP contribution in [0.5, 0.6) is 5.75 Å². The van der Waals surface area contributed by atoms with Crippen LogP contribution in [-0.2, 0) is 16.6 Å². The molecule has 3 nitrogen and oxygen atoms in total. The van der Waals surface area contributed by atoms with Crippen LogP contribution in [0.2, 0.25) is 0 Å². The molecule has 0 aromatic heterocycles. The molecule has 3 aliphatic carbocycles. The molecule has 1 aromatic rings. The van der Waals surface area contributed by atoms with Crippen LogP contribution in [0.4, 0.5) is 0 Å². The van der Waals surface area contributed by atoms with E-state index < -0.39 is 0 Å². The van der Waals surface area contributed by atoms with E-state index in [1.165, 1.54) is 56.3 Å². The van der Waals surface area contributed by atoms with Crippen LogP contribution in [0.25, 0.3) is 0 Å². The summed E-state index contributed by atoms with van der Waals surface area (Å²) in [4.78, 5) is 15.8. The molecular formula is C25H36ClNO2. The molecule has 1 aliphatic heterocycles. The lowest BCUT2D eigenvalue weighted by atomic mass is 9.48. The zero-order chi connectivity index (χ0) is 19.3. The number of carbonyl (C=O) groups excluding carboxylic acids is 1. The average molecular weight is 418 g/mol. The molecular weight excluding hydrogens is 382 g/mol. The Morgan fingerprint density at radius 2 is 2.07 bits per heavy atom. The molecule has 0 spiro atoms. The quantitative estimate of drug-likeness (QED) is 0.660. The van der Waals surface area contributed by atoms with Gasteiger partial charge in [0.2, 0.25) is 0 Å². The van der Waals surface area contributed by atoms with Gasteiger partial charge < -0.3 is 4.74 Å². The van der Waals surface area contributed by atoms with E-state index in [0.717, 1.165) is 37.4 Å². The largest absolute Gasteiger partial charge is 0.497 e. The van der Waals surface area contributed by atoms with E-state index in [0.29, 0.717) is 23.7 Å². The molecule has 0 amide bonds. The molecule has 1 heterocycles. The van der Waals surface area contributed by atoms with Crippen molar-refractivity contribution in [2.75, 3.05) is 20.2 Å². The lowest BCUT2D eigenvalue weighted by Gasteiger charge is -2.61. The molecule has 3 fully saturated rings. The van der Waals surface area contributed by atoms with Crippen LogP contribution < -0.4 is 4.74 Å². The van der Waals surface area contributed by atoms with Gasteiger partial charge >= 0.3 is 0 Å². The normalized spacial score (nSPS) is 33.9. The Morgan fingerprint density at radius 3 is 2.76 bits per heavy atom. The van der Waals surface area contributed by atoms with Crippen LogP contribution in [0, 0.1) is 17.8 Å². The number of ketones is 1. The second-order valence-electron chi connectivity index (χ2n) is 9.99. The first-order valence-corrected chi connectivity index (χ1v) is 11.6. The van der Waals surface area contributed by atoms with Gasteiger partial charge in [0.25, 0.3) is 0 Å². The molecule has 0 N–H and O–H groups in total. The molecule has 0 radical (unpaired) electrons. The Bertz CT molecular complexity index is 761. The number of nitrogens with zero attached hydrogens (tertiary/aromatic N) is 1. The van der Waals surface area contributed by atoms with Crippen molar-refractivity contribution in [2.24, 2.45) is 17.8 Å². The van der Waals surface area contributed by atoms with Crippen LogP contribution in [0.15, 0.2) is 18.2 Å². The minimum absolute atomic E-state index is 0. The fraction of sp³-hybridized carbons (Fsp3) is 0.720. The maximum atomic E-state index is 12.9. The molecule has 2 saturated carbocycles. The number of rotatable bonds is 5. The van der Waals surface area contributed by atoms with Crippen LogP contribution in [0.1, 0.15) is 69.4 Å². The summed E-state index contributed by atoms with van der Waals surface area (Å²) in [5, 5.41) is 0. The molecule has 1 aromatic carbocycles. The minimum atomic E-state index is 0. The Labute approximate surface area is 182 Å². The highest BCUT2D eigenvalue weighted by molar-refractivity contribution is 5.85. The number of piperidine rings is 1. The SMILES string of the molecule is CCCC1CC(=O)C[C@]23CCN(CC4CCC4)[C@H](Cc4ccc(OC)cc42)[C@H]13.Cl. The van der Waals surface area contributed by atoms with E-state index in [-0.39, 0.29) is 17.8 Å². The van der Waals surface area contributed by atoms with E-state index in [9.17, 15) is 4.79 Å². The first-order valence-electron chi connectivity index (χ1n) is 11.6. The Kier molecular flexibility index (Phi) is 6.01. The van der Waals surface area contributed by atoms with Crippen molar-refractivity contribution >= 4 is 18.2 Å². The van der Waals surface area contributed by atoms with Crippen molar-refractivity contribution in [3.8, 4) is 5.75 Å². The van der Waals surface area contributed by atoms with Gasteiger partial charge in [-0.15, -0.1) is 12.4 Å². The van der Waals surface area contributed by atoms with Crippen LogP contribution >= 0.6 is 12.4 Å². The van der Waals surface area contributed by atoms with Crippen molar-refractivity contribution < 1.29 is 9.53 Å². The molecule has 4 heteroatoms. The predicted molar refractivity (Wildman–Crippen MR) is 119 cm³/mol. The smallest absolute Gasteiger partial charge is 0.134 e. The summed E-state index contributed by atoms with van der Waals surface area (Å²) in [5.41, 5.74) is 2.98. The Balaban J connectivity index is 0.00000205. The van der Waals surface area contributed by atoms with E-state index in [1.54, 1.807) is 7.11 Å². The number of hydrogen-bond donors (Lipinski definition) is 0. The van der Waals surface area contributed by atoms with Gasteiger partial charge in [0.15, 0.2) is 0 Å². The van der Waals surface area contributed by atoms with Crippen LogP contribution in [-0.4, -0.2) is 36.9 Å². The Morgan fingerprint density at radius 1 is 1.24 bits per heavy atom. The molecule has 160 valence electrons. The number of methoxy groups -OCH3 is 1. The van der Waals surface area contributed by atoms with E-state index in [1.807, 2.05) is 0 Å². The fourth-order valence-electron chi connectivity index (χ4n) is 7.19. The summed E-state index contributed by atoms with van der Waals surface area (Å²) in [6.45, 7) is 4.74. The van der Waals surface area contributed by atoms with Gasteiger partial charge in [0.05, 0.1) is 7.11 Å². The maximum Gasteiger partial charge on any atom is 0.134 e. The van der Waals surface area contributed by atoms with Gasteiger partial charge in [-0.25, -0.2) is 0 Å². The molecule has 4 atom stereocenters. The van der Waals surface area contributed by atoms with Gasteiger partial charge in [-0.05, 0) is 79.7 Å². The van der Waals surface area contributed by atoms with Crippen molar-refractivity contribution in [2.45, 2.75) is 76.2 Å². The van der Waals surface area contributed by atoms with Gasteiger partial charge in [0, 0.05) is 30.8 Å². The zero-order valence-corrected chi connectivity index (χ0v) is 18.8. The highest BCUT2D eigenvalue weighted by Gasteiger charge is 2.58. The van der Waals surface area contributed by atoms with Crippen LogP contribution in [0.3, 0.4) is 0 Å². The first-order chi connectivity index (χ1) is 13.6.